The molecule has 1 heterocycles. The number of carbonyl (C=O) groups excluding carboxylic acids is 1. The van der Waals surface area contributed by atoms with Gasteiger partial charge in [0, 0.05) is 17.0 Å². The van der Waals surface area contributed by atoms with Crippen LogP contribution in [0.15, 0.2) is 12.1 Å². The first-order valence-electron chi connectivity index (χ1n) is 6.25. The molecule has 6 heteroatoms. The molecule has 0 aliphatic carbocycles. The summed E-state index contributed by atoms with van der Waals surface area (Å²) < 4.78 is 0. The summed E-state index contributed by atoms with van der Waals surface area (Å²) in [5.41, 5.74) is 0.911. The van der Waals surface area contributed by atoms with Gasteiger partial charge in [0.2, 0.25) is 0 Å². The third-order valence-corrected chi connectivity index (χ3v) is 4.53. The van der Waals surface area contributed by atoms with Crippen molar-refractivity contribution in [2.75, 3.05) is 12.0 Å². The van der Waals surface area contributed by atoms with Crippen LogP contribution >= 0.6 is 23.1 Å². The van der Waals surface area contributed by atoms with Crippen molar-refractivity contribution in [1.29, 1.82) is 0 Å². The van der Waals surface area contributed by atoms with Crippen LogP contribution in [0.1, 0.15) is 33.5 Å². The summed E-state index contributed by atoms with van der Waals surface area (Å²) in [5, 5.41) is 11.6. The molecule has 2 N–H and O–H groups in total. The monoisotopic (exact) mass is 313 g/mol. The number of hydrogen-bond acceptors (Lipinski definition) is 4. The smallest absolute Gasteiger partial charge is 0.328 e. The fourth-order valence-corrected chi connectivity index (χ4v) is 3.15. The maximum absolute atomic E-state index is 12.1. The van der Waals surface area contributed by atoms with Crippen LogP contribution in [0.5, 0.6) is 0 Å². The molecule has 0 aliphatic rings. The number of rotatable bonds is 7. The Bertz CT molecular complexity index is 509. The first-order valence-corrected chi connectivity index (χ1v) is 8.46. The molecule has 0 saturated heterocycles. The molecule has 4 nitrogen and oxygen atoms in total. The molecule has 20 heavy (non-hydrogen) atoms. The maximum atomic E-state index is 12.1. The molecular formula is C14H19NO3S2. The molecule has 1 aromatic heterocycles. The fraction of sp³-hybridized carbons (Fsp3) is 0.429. The molecule has 1 amide bonds. The zero-order valence-electron chi connectivity index (χ0n) is 11.8. The van der Waals surface area contributed by atoms with Crippen LogP contribution in [0.2, 0.25) is 0 Å². The lowest BCUT2D eigenvalue weighted by Crippen LogP contribution is -2.32. The second-order valence-electron chi connectivity index (χ2n) is 4.49. The number of carboxylic acids is 1. The quantitative estimate of drug-likeness (QED) is 0.759. The second-order valence-corrected chi connectivity index (χ2v) is 6.55. The molecule has 0 radical (unpaired) electrons. The fourth-order valence-electron chi connectivity index (χ4n) is 1.58. The number of thiophene rings is 1. The van der Waals surface area contributed by atoms with E-state index < -0.39 is 5.97 Å². The van der Waals surface area contributed by atoms with Crippen molar-refractivity contribution in [2.45, 2.75) is 26.3 Å². The SMILES string of the molecule is CSCCC(C)NC(=O)c1cc(C)c(/C=C/C(=O)O)s1. The largest absolute Gasteiger partial charge is 0.478 e. The van der Waals surface area contributed by atoms with Gasteiger partial charge in [-0.25, -0.2) is 4.79 Å². The van der Waals surface area contributed by atoms with Crippen molar-refractivity contribution in [1.82, 2.24) is 5.32 Å². The molecule has 1 aromatic rings. The number of aliphatic carboxylic acids is 1. The highest BCUT2D eigenvalue weighted by Crippen LogP contribution is 2.23. The molecule has 110 valence electrons. The number of nitrogens with one attached hydrogen (secondary N) is 1. The second kappa shape index (κ2) is 8.11. The zero-order valence-corrected chi connectivity index (χ0v) is 13.4. The highest BCUT2D eigenvalue weighted by Gasteiger charge is 2.13. The lowest BCUT2D eigenvalue weighted by molar-refractivity contribution is -0.131. The van der Waals surface area contributed by atoms with Gasteiger partial charge in [-0.1, -0.05) is 0 Å². The van der Waals surface area contributed by atoms with Crippen LogP contribution in [0, 0.1) is 6.92 Å². The van der Waals surface area contributed by atoms with Gasteiger partial charge in [-0.15, -0.1) is 11.3 Å². The molecular weight excluding hydrogens is 294 g/mol. The van der Waals surface area contributed by atoms with Crippen LogP contribution in [0.4, 0.5) is 0 Å². The highest BCUT2D eigenvalue weighted by atomic mass is 32.2. The van der Waals surface area contributed by atoms with Gasteiger partial charge in [-0.3, -0.25) is 4.79 Å². The van der Waals surface area contributed by atoms with E-state index in [1.165, 1.54) is 17.4 Å². The van der Waals surface area contributed by atoms with Gasteiger partial charge < -0.3 is 10.4 Å². The standard InChI is InChI=1S/C14H19NO3S2/c1-9-8-12(20-11(9)4-5-13(16)17)14(18)15-10(2)6-7-19-3/h4-5,8,10H,6-7H2,1-3H3,(H,15,18)(H,16,17)/b5-4+. The van der Waals surface area contributed by atoms with Crippen LogP contribution < -0.4 is 5.32 Å². The van der Waals surface area contributed by atoms with E-state index in [-0.39, 0.29) is 11.9 Å². The third kappa shape index (κ3) is 5.38. The van der Waals surface area contributed by atoms with Gasteiger partial charge in [-0.05, 0) is 50.0 Å². The highest BCUT2D eigenvalue weighted by molar-refractivity contribution is 7.98. The van der Waals surface area contributed by atoms with Crippen molar-refractivity contribution in [3.8, 4) is 0 Å². The summed E-state index contributed by atoms with van der Waals surface area (Å²) in [4.78, 5) is 24.0. The Morgan fingerprint density at radius 3 is 2.85 bits per heavy atom. The normalized spacial score (nSPS) is 12.6. The van der Waals surface area contributed by atoms with Gasteiger partial charge in [0.05, 0.1) is 4.88 Å². The molecule has 1 unspecified atom stereocenters. The first-order chi connectivity index (χ1) is 9.43. The minimum atomic E-state index is -0.991. The molecule has 0 aromatic carbocycles. The van der Waals surface area contributed by atoms with Gasteiger partial charge >= 0.3 is 5.97 Å². The zero-order chi connectivity index (χ0) is 15.1. The lowest BCUT2D eigenvalue weighted by atomic mass is 10.2. The number of carboxylic acid groups (broad SMARTS) is 1. The first kappa shape index (κ1) is 16.8. The minimum absolute atomic E-state index is 0.0957. The third-order valence-electron chi connectivity index (χ3n) is 2.69. The Morgan fingerprint density at radius 1 is 1.55 bits per heavy atom. The molecule has 0 spiro atoms. The number of aryl methyl sites for hydroxylation is 1. The van der Waals surface area contributed by atoms with E-state index in [1.807, 2.05) is 20.1 Å². The van der Waals surface area contributed by atoms with Crippen molar-refractivity contribution in [2.24, 2.45) is 0 Å². The summed E-state index contributed by atoms with van der Waals surface area (Å²) in [6.45, 7) is 3.85. The van der Waals surface area contributed by atoms with E-state index >= 15 is 0 Å². The Morgan fingerprint density at radius 2 is 2.25 bits per heavy atom. The van der Waals surface area contributed by atoms with E-state index in [9.17, 15) is 9.59 Å². The average molecular weight is 313 g/mol. The van der Waals surface area contributed by atoms with Gasteiger partial charge in [0.15, 0.2) is 0 Å². The van der Waals surface area contributed by atoms with Crippen molar-refractivity contribution >= 4 is 41.1 Å². The molecule has 0 bridgehead atoms. The molecule has 0 saturated carbocycles. The van der Waals surface area contributed by atoms with Crippen molar-refractivity contribution in [3.05, 3.63) is 27.5 Å². The van der Waals surface area contributed by atoms with Crippen LogP contribution in [0.3, 0.4) is 0 Å². The van der Waals surface area contributed by atoms with Crippen molar-refractivity contribution in [3.63, 3.8) is 0 Å². The Hall–Kier alpha value is -1.27. The van der Waals surface area contributed by atoms with E-state index in [4.69, 9.17) is 5.11 Å². The van der Waals surface area contributed by atoms with E-state index in [2.05, 4.69) is 5.32 Å². The average Bonchev–Trinajstić information content (AvgIpc) is 2.75. The Balaban J connectivity index is 2.70. The Kier molecular flexibility index (Phi) is 6.81. The van der Waals surface area contributed by atoms with E-state index in [0.717, 1.165) is 28.7 Å². The van der Waals surface area contributed by atoms with Gasteiger partial charge in [0.25, 0.3) is 5.91 Å². The topological polar surface area (TPSA) is 66.4 Å². The summed E-state index contributed by atoms with van der Waals surface area (Å²) in [7, 11) is 0. The number of carbonyl (C=O) groups is 2. The van der Waals surface area contributed by atoms with Crippen molar-refractivity contribution < 1.29 is 14.7 Å². The summed E-state index contributed by atoms with van der Waals surface area (Å²) in [6.07, 6.45) is 5.58. The summed E-state index contributed by atoms with van der Waals surface area (Å²) in [5.74, 6) is -0.0755. The lowest BCUT2D eigenvalue weighted by Gasteiger charge is -2.11. The predicted molar refractivity (Wildman–Crippen MR) is 85.7 cm³/mol. The summed E-state index contributed by atoms with van der Waals surface area (Å²) >= 11 is 3.06. The molecule has 1 atom stereocenters. The van der Waals surface area contributed by atoms with Gasteiger partial charge in [0.1, 0.15) is 0 Å². The van der Waals surface area contributed by atoms with Crippen LogP contribution in [-0.2, 0) is 4.79 Å². The van der Waals surface area contributed by atoms with Crippen LogP contribution in [0.25, 0.3) is 6.08 Å². The molecule has 0 fully saturated rings. The molecule has 0 aliphatic heterocycles. The van der Waals surface area contributed by atoms with E-state index in [1.54, 1.807) is 17.8 Å². The minimum Gasteiger partial charge on any atom is -0.478 e. The number of amides is 1. The number of hydrogen-bond donors (Lipinski definition) is 2. The van der Waals surface area contributed by atoms with Crippen LogP contribution in [-0.4, -0.2) is 35.0 Å². The number of thioether (sulfide) groups is 1. The van der Waals surface area contributed by atoms with Gasteiger partial charge in [-0.2, -0.15) is 11.8 Å². The summed E-state index contributed by atoms with van der Waals surface area (Å²) in [6, 6.07) is 1.93. The predicted octanol–water partition coefficient (Wildman–Crippen LogP) is 3.03. The Labute approximate surface area is 127 Å². The van der Waals surface area contributed by atoms with E-state index in [0.29, 0.717) is 4.88 Å². The molecule has 1 rings (SSSR count). The maximum Gasteiger partial charge on any atom is 0.328 e.